The lowest BCUT2D eigenvalue weighted by molar-refractivity contribution is -0.133. The van der Waals surface area contributed by atoms with Crippen LogP contribution in [-0.2, 0) is 21.5 Å². The number of hydrogen-bond donors (Lipinski definition) is 1. The van der Waals surface area contributed by atoms with Crippen LogP contribution in [0.4, 0.5) is 0 Å². The van der Waals surface area contributed by atoms with Crippen molar-refractivity contribution in [1.29, 1.82) is 0 Å². The Kier molecular flexibility index (Phi) is 5.04. The number of thioether (sulfide) groups is 1. The van der Waals surface area contributed by atoms with Gasteiger partial charge in [0.05, 0.1) is 12.4 Å². The van der Waals surface area contributed by atoms with E-state index >= 15 is 0 Å². The van der Waals surface area contributed by atoms with Crippen molar-refractivity contribution in [3.05, 3.63) is 5.82 Å². The Morgan fingerprint density at radius 1 is 1.45 bits per heavy atom. The van der Waals surface area contributed by atoms with Gasteiger partial charge in [-0.1, -0.05) is 31.5 Å². The van der Waals surface area contributed by atoms with Crippen molar-refractivity contribution in [3.8, 4) is 0 Å². The summed E-state index contributed by atoms with van der Waals surface area (Å²) in [6.45, 7) is 3.46. The molecule has 1 N–H and O–H groups in total. The zero-order valence-corrected chi connectivity index (χ0v) is 12.8. The zero-order chi connectivity index (χ0) is 14.6. The standard InChI is InChI=1S/C13H21N3O3S/c1-13(5-3-4-6-13)11-14-15-12(20-9-10(17)18)16(11)7-8-19-2/h3-9H2,1-2H3,(H,17,18). The summed E-state index contributed by atoms with van der Waals surface area (Å²) >= 11 is 1.22. The van der Waals surface area contributed by atoms with E-state index in [1.54, 1.807) is 7.11 Å². The van der Waals surface area contributed by atoms with Crippen molar-refractivity contribution in [2.45, 2.75) is 49.7 Å². The van der Waals surface area contributed by atoms with Gasteiger partial charge in [-0.25, -0.2) is 0 Å². The molecule has 1 heterocycles. The van der Waals surface area contributed by atoms with E-state index in [9.17, 15) is 4.79 Å². The first-order valence-corrected chi connectivity index (χ1v) is 7.82. The Balaban J connectivity index is 2.24. The molecule has 0 aliphatic heterocycles. The van der Waals surface area contributed by atoms with Crippen LogP contribution in [0.2, 0.25) is 0 Å². The quantitative estimate of drug-likeness (QED) is 0.775. The van der Waals surface area contributed by atoms with Gasteiger partial charge in [0.2, 0.25) is 0 Å². The van der Waals surface area contributed by atoms with Gasteiger partial charge in [0, 0.05) is 19.1 Å². The summed E-state index contributed by atoms with van der Waals surface area (Å²) in [6.07, 6.45) is 4.65. The summed E-state index contributed by atoms with van der Waals surface area (Å²) < 4.78 is 7.17. The van der Waals surface area contributed by atoms with Gasteiger partial charge < -0.3 is 14.4 Å². The maximum absolute atomic E-state index is 10.7. The van der Waals surface area contributed by atoms with E-state index in [-0.39, 0.29) is 11.2 Å². The third-order valence-corrected chi connectivity index (χ3v) is 4.76. The summed E-state index contributed by atoms with van der Waals surface area (Å²) in [6, 6.07) is 0. The van der Waals surface area contributed by atoms with Gasteiger partial charge in [0.1, 0.15) is 5.82 Å². The SMILES string of the molecule is COCCn1c(SCC(=O)O)nnc1C1(C)CCCC1. The number of aromatic nitrogens is 3. The molecule has 1 aliphatic carbocycles. The van der Waals surface area contributed by atoms with Crippen LogP contribution in [0.1, 0.15) is 38.4 Å². The Morgan fingerprint density at radius 2 is 2.15 bits per heavy atom. The minimum absolute atomic E-state index is 0.00182. The molecule has 0 bridgehead atoms. The van der Waals surface area contributed by atoms with Gasteiger partial charge in [0.15, 0.2) is 5.16 Å². The number of carbonyl (C=O) groups is 1. The second kappa shape index (κ2) is 6.58. The highest BCUT2D eigenvalue weighted by molar-refractivity contribution is 7.99. The largest absolute Gasteiger partial charge is 0.481 e. The molecule has 2 rings (SSSR count). The van der Waals surface area contributed by atoms with Crippen molar-refractivity contribution in [2.75, 3.05) is 19.5 Å². The number of nitrogens with zero attached hydrogens (tertiary/aromatic N) is 3. The highest BCUT2D eigenvalue weighted by Gasteiger charge is 2.36. The molecule has 0 saturated heterocycles. The average molecular weight is 299 g/mol. The Labute approximate surface area is 122 Å². The summed E-state index contributed by atoms with van der Waals surface area (Å²) in [5.41, 5.74) is 0.0583. The van der Waals surface area contributed by atoms with Crippen LogP contribution in [-0.4, -0.2) is 45.3 Å². The molecule has 7 heteroatoms. The molecule has 0 amide bonds. The van der Waals surface area contributed by atoms with Gasteiger partial charge >= 0.3 is 5.97 Å². The van der Waals surface area contributed by atoms with Crippen LogP contribution in [0.5, 0.6) is 0 Å². The predicted molar refractivity (Wildman–Crippen MR) is 76.1 cm³/mol. The van der Waals surface area contributed by atoms with E-state index in [0.29, 0.717) is 18.3 Å². The number of hydrogen-bond acceptors (Lipinski definition) is 5. The average Bonchev–Trinajstić information content (AvgIpc) is 3.01. The van der Waals surface area contributed by atoms with E-state index in [2.05, 4.69) is 17.1 Å². The fourth-order valence-corrected chi connectivity index (χ4v) is 3.42. The lowest BCUT2D eigenvalue weighted by Gasteiger charge is -2.23. The molecule has 0 spiro atoms. The molecule has 6 nitrogen and oxygen atoms in total. The lowest BCUT2D eigenvalue weighted by atomic mass is 9.88. The first kappa shape index (κ1) is 15.3. The molecule has 20 heavy (non-hydrogen) atoms. The normalized spacial score (nSPS) is 17.5. The van der Waals surface area contributed by atoms with Crippen molar-refractivity contribution in [3.63, 3.8) is 0 Å². The number of rotatable bonds is 7. The van der Waals surface area contributed by atoms with Gasteiger partial charge in [-0.15, -0.1) is 10.2 Å². The maximum Gasteiger partial charge on any atom is 0.313 e. The van der Waals surface area contributed by atoms with Crippen molar-refractivity contribution in [2.24, 2.45) is 0 Å². The van der Waals surface area contributed by atoms with Gasteiger partial charge in [-0.05, 0) is 12.8 Å². The van der Waals surface area contributed by atoms with Gasteiger partial charge in [-0.3, -0.25) is 4.79 Å². The molecule has 0 atom stereocenters. The Bertz CT molecular complexity index is 469. The minimum atomic E-state index is -0.843. The number of ether oxygens (including phenoxy) is 1. The number of carboxylic acids is 1. The minimum Gasteiger partial charge on any atom is -0.481 e. The summed E-state index contributed by atoms with van der Waals surface area (Å²) in [5.74, 6) is 0.131. The van der Waals surface area contributed by atoms with E-state index < -0.39 is 5.97 Å². The highest BCUT2D eigenvalue weighted by atomic mass is 32.2. The molecule has 1 saturated carbocycles. The Hall–Kier alpha value is -1.08. The number of aliphatic carboxylic acids is 1. The van der Waals surface area contributed by atoms with Crippen LogP contribution in [0.25, 0.3) is 0 Å². The number of carboxylic acid groups (broad SMARTS) is 1. The molecule has 1 aromatic heterocycles. The third kappa shape index (κ3) is 3.32. The predicted octanol–water partition coefficient (Wildman–Crippen LogP) is 1.93. The van der Waals surface area contributed by atoms with E-state index in [1.807, 2.05) is 4.57 Å². The second-order valence-electron chi connectivity index (χ2n) is 5.40. The van der Waals surface area contributed by atoms with Crippen LogP contribution >= 0.6 is 11.8 Å². The maximum atomic E-state index is 10.7. The van der Waals surface area contributed by atoms with Gasteiger partial charge in [0.25, 0.3) is 0 Å². The number of methoxy groups -OCH3 is 1. The molecular weight excluding hydrogens is 278 g/mol. The van der Waals surface area contributed by atoms with Crippen LogP contribution < -0.4 is 0 Å². The Morgan fingerprint density at radius 3 is 2.75 bits per heavy atom. The lowest BCUT2D eigenvalue weighted by Crippen LogP contribution is -2.24. The first-order valence-electron chi connectivity index (χ1n) is 6.84. The molecule has 0 radical (unpaired) electrons. The van der Waals surface area contributed by atoms with Crippen molar-refractivity contribution < 1.29 is 14.6 Å². The third-order valence-electron chi connectivity index (χ3n) is 3.81. The smallest absolute Gasteiger partial charge is 0.313 e. The van der Waals surface area contributed by atoms with E-state index in [4.69, 9.17) is 9.84 Å². The van der Waals surface area contributed by atoms with Crippen LogP contribution in [0, 0.1) is 0 Å². The topological polar surface area (TPSA) is 77.2 Å². The summed E-state index contributed by atoms with van der Waals surface area (Å²) in [4.78, 5) is 10.7. The monoisotopic (exact) mass is 299 g/mol. The van der Waals surface area contributed by atoms with Crippen molar-refractivity contribution in [1.82, 2.24) is 14.8 Å². The first-order chi connectivity index (χ1) is 9.57. The van der Waals surface area contributed by atoms with Crippen molar-refractivity contribution >= 4 is 17.7 Å². The van der Waals surface area contributed by atoms with E-state index in [1.165, 1.54) is 24.6 Å². The molecule has 1 aliphatic rings. The zero-order valence-electron chi connectivity index (χ0n) is 12.0. The highest BCUT2D eigenvalue weighted by Crippen LogP contribution is 2.40. The molecule has 0 unspecified atom stereocenters. The molecule has 0 aromatic carbocycles. The molecule has 1 aromatic rings. The second-order valence-corrected chi connectivity index (χ2v) is 6.34. The summed E-state index contributed by atoms with van der Waals surface area (Å²) in [7, 11) is 1.66. The van der Waals surface area contributed by atoms with E-state index in [0.717, 1.165) is 18.7 Å². The fraction of sp³-hybridized carbons (Fsp3) is 0.769. The van der Waals surface area contributed by atoms with Gasteiger partial charge in [-0.2, -0.15) is 0 Å². The molecular formula is C13H21N3O3S. The molecule has 1 fully saturated rings. The fourth-order valence-electron chi connectivity index (χ4n) is 2.73. The summed E-state index contributed by atoms with van der Waals surface area (Å²) in [5, 5.41) is 18.0. The van der Waals surface area contributed by atoms with Crippen LogP contribution in [0.15, 0.2) is 5.16 Å². The molecule has 112 valence electrons. The van der Waals surface area contributed by atoms with Crippen LogP contribution in [0.3, 0.4) is 0 Å².